The molecule has 0 saturated carbocycles. The second kappa shape index (κ2) is 6.70. The first kappa shape index (κ1) is 17.5. The lowest BCUT2D eigenvalue weighted by atomic mass is 10.00. The third-order valence-electron chi connectivity index (χ3n) is 3.26. The van der Waals surface area contributed by atoms with E-state index in [0.29, 0.717) is 11.3 Å². The van der Waals surface area contributed by atoms with Gasteiger partial charge < -0.3 is 9.47 Å². The van der Waals surface area contributed by atoms with E-state index in [2.05, 4.69) is 9.97 Å². The molecule has 0 aromatic carbocycles. The van der Waals surface area contributed by atoms with Gasteiger partial charge in [0.25, 0.3) is 0 Å². The number of amides is 1. The number of fused-ring (bicyclic) bond motifs is 1. The summed E-state index contributed by atoms with van der Waals surface area (Å²) in [6.07, 6.45) is 0.962. The van der Waals surface area contributed by atoms with Gasteiger partial charge in [0.1, 0.15) is 23.1 Å². The third kappa shape index (κ3) is 4.10. The zero-order chi connectivity index (χ0) is 17.2. The van der Waals surface area contributed by atoms with Crippen LogP contribution in [0.25, 0.3) is 0 Å². The number of hydrogen-bond acceptors (Lipinski definition) is 6. The van der Waals surface area contributed by atoms with E-state index >= 15 is 0 Å². The summed E-state index contributed by atoms with van der Waals surface area (Å²) in [5.41, 5.74) is 0.594. The Hall–Kier alpha value is -1.89. The molecule has 23 heavy (non-hydrogen) atoms. The molecule has 0 saturated heterocycles. The molecule has 8 heteroatoms. The van der Waals surface area contributed by atoms with Crippen molar-refractivity contribution in [1.82, 2.24) is 14.9 Å². The number of hydrogen-bond donors (Lipinski definition) is 0. The molecule has 1 amide bonds. The van der Waals surface area contributed by atoms with Crippen LogP contribution >= 0.6 is 11.6 Å². The molecule has 7 nitrogen and oxygen atoms in total. The molecular formula is C15H20ClN3O4. The molecule has 1 aliphatic rings. The molecular weight excluding hydrogens is 322 g/mol. The van der Waals surface area contributed by atoms with Gasteiger partial charge in [0.15, 0.2) is 0 Å². The smallest absolute Gasteiger partial charge is 0.411 e. The lowest BCUT2D eigenvalue weighted by molar-refractivity contribution is -0.150. The van der Waals surface area contributed by atoms with E-state index in [4.69, 9.17) is 21.1 Å². The largest absolute Gasteiger partial charge is 0.464 e. The monoisotopic (exact) mass is 341 g/mol. The highest BCUT2D eigenvalue weighted by Gasteiger charge is 2.39. The van der Waals surface area contributed by atoms with Gasteiger partial charge >= 0.3 is 12.1 Å². The predicted octanol–water partition coefficient (Wildman–Crippen LogP) is 2.35. The minimum Gasteiger partial charge on any atom is -0.464 e. The van der Waals surface area contributed by atoms with E-state index in [-0.39, 0.29) is 24.7 Å². The maximum atomic E-state index is 12.5. The third-order valence-corrected chi connectivity index (χ3v) is 3.59. The van der Waals surface area contributed by atoms with Crippen LogP contribution in [0.4, 0.5) is 4.79 Å². The number of rotatable bonds is 2. The summed E-state index contributed by atoms with van der Waals surface area (Å²) in [5, 5.41) is 0.269. The number of carbonyl (C=O) groups excluding carboxylic acids is 2. The summed E-state index contributed by atoms with van der Waals surface area (Å²) < 4.78 is 10.5. The zero-order valence-electron chi connectivity index (χ0n) is 13.6. The quantitative estimate of drug-likeness (QED) is 0.606. The fourth-order valence-electron chi connectivity index (χ4n) is 2.29. The van der Waals surface area contributed by atoms with Crippen LogP contribution in [0.2, 0.25) is 5.15 Å². The van der Waals surface area contributed by atoms with Crippen molar-refractivity contribution in [3.05, 3.63) is 22.7 Å². The van der Waals surface area contributed by atoms with Crippen LogP contribution in [0.5, 0.6) is 0 Å². The van der Waals surface area contributed by atoms with Crippen LogP contribution in [-0.4, -0.2) is 45.2 Å². The number of esters is 1. The number of nitrogens with zero attached hydrogens (tertiary/aromatic N) is 3. The molecule has 0 N–H and O–H groups in total. The number of carbonyl (C=O) groups is 2. The molecule has 1 aromatic rings. The molecule has 0 fully saturated rings. The van der Waals surface area contributed by atoms with E-state index in [1.807, 2.05) is 0 Å². The SMILES string of the molecule is CCOC(=O)C1Cc2ncnc(Cl)c2CN1C(=O)OC(C)(C)C. The van der Waals surface area contributed by atoms with Gasteiger partial charge in [-0.05, 0) is 27.7 Å². The van der Waals surface area contributed by atoms with Gasteiger partial charge in [0.2, 0.25) is 0 Å². The second-order valence-electron chi connectivity index (χ2n) is 6.17. The molecule has 1 unspecified atom stereocenters. The highest BCUT2D eigenvalue weighted by molar-refractivity contribution is 6.30. The molecule has 0 radical (unpaired) electrons. The summed E-state index contributed by atoms with van der Waals surface area (Å²) in [4.78, 5) is 34.1. The summed E-state index contributed by atoms with van der Waals surface area (Å²) >= 11 is 6.09. The standard InChI is InChI=1S/C15H20ClN3O4/c1-5-22-13(20)11-6-10-9(12(16)18-8-17-10)7-19(11)14(21)23-15(2,3)4/h8,11H,5-7H2,1-4H3. The van der Waals surface area contributed by atoms with E-state index in [0.717, 1.165) is 0 Å². The summed E-state index contributed by atoms with van der Waals surface area (Å²) in [5.74, 6) is -0.487. The van der Waals surface area contributed by atoms with Crippen LogP contribution < -0.4 is 0 Å². The highest BCUT2D eigenvalue weighted by atomic mass is 35.5. The fraction of sp³-hybridized carbons (Fsp3) is 0.600. The molecule has 2 rings (SSSR count). The Morgan fingerprint density at radius 3 is 2.70 bits per heavy atom. The van der Waals surface area contributed by atoms with E-state index in [1.54, 1.807) is 27.7 Å². The van der Waals surface area contributed by atoms with Crippen molar-refractivity contribution in [3.8, 4) is 0 Å². The molecule has 126 valence electrons. The maximum absolute atomic E-state index is 12.5. The average molecular weight is 342 g/mol. The molecule has 1 atom stereocenters. The van der Waals surface area contributed by atoms with Crippen molar-refractivity contribution in [2.45, 2.75) is 52.3 Å². The van der Waals surface area contributed by atoms with Crippen LogP contribution in [0.15, 0.2) is 6.33 Å². The molecule has 1 aliphatic heterocycles. The number of ether oxygens (including phenoxy) is 2. The van der Waals surface area contributed by atoms with Crippen LogP contribution in [-0.2, 0) is 27.2 Å². The van der Waals surface area contributed by atoms with Gasteiger partial charge in [-0.15, -0.1) is 0 Å². The molecule has 0 spiro atoms. The first-order valence-corrected chi connectivity index (χ1v) is 7.75. The predicted molar refractivity (Wildman–Crippen MR) is 82.9 cm³/mol. The van der Waals surface area contributed by atoms with Gasteiger partial charge in [0, 0.05) is 12.0 Å². The van der Waals surface area contributed by atoms with Crippen LogP contribution in [0.3, 0.4) is 0 Å². The van der Waals surface area contributed by atoms with Gasteiger partial charge in [-0.2, -0.15) is 0 Å². The van der Waals surface area contributed by atoms with Crippen molar-refractivity contribution in [2.24, 2.45) is 0 Å². The maximum Gasteiger partial charge on any atom is 0.411 e. The fourth-order valence-corrected chi connectivity index (χ4v) is 2.50. The van der Waals surface area contributed by atoms with Crippen molar-refractivity contribution < 1.29 is 19.1 Å². The van der Waals surface area contributed by atoms with Crippen molar-refractivity contribution in [2.75, 3.05) is 6.61 Å². The minimum atomic E-state index is -0.789. The van der Waals surface area contributed by atoms with Gasteiger partial charge in [-0.1, -0.05) is 11.6 Å². The highest BCUT2D eigenvalue weighted by Crippen LogP contribution is 2.28. The summed E-state index contributed by atoms with van der Waals surface area (Å²) in [6.45, 7) is 7.34. The van der Waals surface area contributed by atoms with Gasteiger partial charge in [0.05, 0.1) is 18.8 Å². The summed E-state index contributed by atoms with van der Waals surface area (Å²) in [7, 11) is 0. The number of aromatic nitrogens is 2. The molecule has 1 aromatic heterocycles. The van der Waals surface area contributed by atoms with Crippen LogP contribution in [0.1, 0.15) is 39.0 Å². The second-order valence-corrected chi connectivity index (χ2v) is 6.53. The van der Waals surface area contributed by atoms with E-state index in [9.17, 15) is 9.59 Å². The first-order valence-electron chi connectivity index (χ1n) is 7.37. The lowest BCUT2D eigenvalue weighted by Crippen LogP contribution is -2.51. The molecule has 2 heterocycles. The van der Waals surface area contributed by atoms with E-state index in [1.165, 1.54) is 11.2 Å². The van der Waals surface area contributed by atoms with Crippen molar-refractivity contribution >= 4 is 23.7 Å². The molecule has 0 aliphatic carbocycles. The zero-order valence-corrected chi connectivity index (χ0v) is 14.4. The number of halogens is 1. The molecule has 0 bridgehead atoms. The topological polar surface area (TPSA) is 81.6 Å². The Kier molecular flexibility index (Phi) is 5.09. The van der Waals surface area contributed by atoms with Gasteiger partial charge in [-0.25, -0.2) is 19.6 Å². The van der Waals surface area contributed by atoms with Crippen molar-refractivity contribution in [1.29, 1.82) is 0 Å². The van der Waals surface area contributed by atoms with Crippen LogP contribution in [0, 0.1) is 0 Å². The Balaban J connectivity index is 2.33. The average Bonchev–Trinajstić information content (AvgIpc) is 2.45. The van der Waals surface area contributed by atoms with Crippen molar-refractivity contribution in [3.63, 3.8) is 0 Å². The Bertz CT molecular complexity index is 615. The Morgan fingerprint density at radius 1 is 1.39 bits per heavy atom. The summed E-state index contributed by atoms with van der Waals surface area (Å²) in [6, 6.07) is -0.789. The normalized spacial score (nSPS) is 17.4. The first-order chi connectivity index (χ1) is 10.7. The minimum absolute atomic E-state index is 0.105. The van der Waals surface area contributed by atoms with E-state index < -0.39 is 23.7 Å². The van der Waals surface area contributed by atoms with Gasteiger partial charge in [-0.3, -0.25) is 4.90 Å². The lowest BCUT2D eigenvalue weighted by Gasteiger charge is -2.35. The Morgan fingerprint density at radius 2 is 2.09 bits per heavy atom. The Labute approximate surface area is 139 Å².